The van der Waals surface area contributed by atoms with E-state index in [1.54, 1.807) is 0 Å². The minimum absolute atomic E-state index is 0.0911. The first-order valence-electron chi connectivity index (χ1n) is 9.35. The molecule has 1 saturated heterocycles. The van der Waals surface area contributed by atoms with E-state index in [0.717, 1.165) is 12.8 Å². The topological polar surface area (TPSA) is 52.6 Å². The summed E-state index contributed by atoms with van der Waals surface area (Å²) in [4.78, 5) is 25.5. The summed E-state index contributed by atoms with van der Waals surface area (Å²) in [7, 11) is 0. The van der Waals surface area contributed by atoms with Gasteiger partial charge in [0.25, 0.3) is 0 Å². The second-order valence-electron chi connectivity index (χ2n) is 9.03. The van der Waals surface area contributed by atoms with Gasteiger partial charge in [0.15, 0.2) is 0 Å². The van der Waals surface area contributed by atoms with Gasteiger partial charge in [-0.2, -0.15) is 0 Å². The Morgan fingerprint density at radius 2 is 1.92 bits per heavy atom. The van der Waals surface area contributed by atoms with Crippen LogP contribution in [0.2, 0.25) is 0 Å². The van der Waals surface area contributed by atoms with Crippen molar-refractivity contribution >= 4 is 11.9 Å². The van der Waals surface area contributed by atoms with Crippen LogP contribution in [-0.4, -0.2) is 23.6 Å². The molecule has 0 amide bonds. The Bertz CT molecular complexity index is 621. The Labute approximate surface area is 144 Å². The molecular formula is C20H28O4. The molecule has 0 unspecified atom stereocenters. The lowest BCUT2D eigenvalue weighted by Crippen LogP contribution is -2.50. The van der Waals surface area contributed by atoms with Crippen molar-refractivity contribution in [3.05, 3.63) is 12.2 Å². The molecule has 0 spiro atoms. The van der Waals surface area contributed by atoms with Crippen LogP contribution in [0.1, 0.15) is 65.7 Å². The van der Waals surface area contributed by atoms with E-state index in [-0.39, 0.29) is 18.0 Å². The van der Waals surface area contributed by atoms with E-state index >= 15 is 0 Å². The molecule has 4 fully saturated rings. The minimum Gasteiger partial charge on any atom is -0.459 e. The van der Waals surface area contributed by atoms with Crippen LogP contribution < -0.4 is 0 Å². The first kappa shape index (κ1) is 16.2. The monoisotopic (exact) mass is 332 g/mol. The van der Waals surface area contributed by atoms with Gasteiger partial charge in [-0.3, -0.25) is 4.79 Å². The number of fused-ring (bicyclic) bond motifs is 3. The summed E-state index contributed by atoms with van der Waals surface area (Å²) in [6.07, 6.45) is 6.66. The number of esters is 2. The lowest BCUT2D eigenvalue weighted by atomic mass is 9.66. The second-order valence-corrected chi connectivity index (χ2v) is 9.03. The molecule has 4 aliphatic rings. The van der Waals surface area contributed by atoms with E-state index in [0.29, 0.717) is 24.7 Å². The van der Waals surface area contributed by atoms with Crippen molar-refractivity contribution in [1.29, 1.82) is 0 Å². The van der Waals surface area contributed by atoms with Crippen molar-refractivity contribution in [3.8, 4) is 0 Å². The summed E-state index contributed by atoms with van der Waals surface area (Å²) in [5, 5.41) is 0. The Kier molecular flexibility index (Phi) is 3.27. The highest BCUT2D eigenvalue weighted by molar-refractivity contribution is 5.93. The molecule has 1 heterocycles. The van der Waals surface area contributed by atoms with Gasteiger partial charge in [-0.15, -0.1) is 0 Å². The lowest BCUT2D eigenvalue weighted by Gasteiger charge is -2.36. The number of carbonyl (C=O) groups is 2. The average Bonchev–Trinajstić information content (AvgIpc) is 3.01. The van der Waals surface area contributed by atoms with E-state index in [1.807, 2.05) is 20.8 Å². The predicted molar refractivity (Wildman–Crippen MR) is 89.0 cm³/mol. The molecule has 5 atom stereocenters. The van der Waals surface area contributed by atoms with Gasteiger partial charge in [0.05, 0.1) is 5.41 Å². The molecular weight excluding hydrogens is 304 g/mol. The number of ether oxygens (including phenoxy) is 2. The molecule has 1 aliphatic heterocycles. The van der Waals surface area contributed by atoms with Gasteiger partial charge in [-0.05, 0) is 38.5 Å². The van der Waals surface area contributed by atoms with Gasteiger partial charge in [0, 0.05) is 17.8 Å². The van der Waals surface area contributed by atoms with Crippen LogP contribution in [-0.2, 0) is 19.1 Å². The fourth-order valence-corrected chi connectivity index (χ4v) is 5.74. The van der Waals surface area contributed by atoms with E-state index in [1.165, 1.54) is 24.8 Å². The molecule has 4 heteroatoms. The molecule has 3 saturated carbocycles. The summed E-state index contributed by atoms with van der Waals surface area (Å²) in [5.74, 6) is 0.329. The highest BCUT2D eigenvalue weighted by Gasteiger charge is 2.76. The molecule has 0 aromatic heterocycles. The zero-order valence-corrected chi connectivity index (χ0v) is 15.0. The number of hydrogen-bond acceptors (Lipinski definition) is 4. The maximum absolute atomic E-state index is 13.1. The third-order valence-electron chi connectivity index (χ3n) is 7.96. The van der Waals surface area contributed by atoms with Crippen molar-refractivity contribution in [1.82, 2.24) is 0 Å². The van der Waals surface area contributed by atoms with Crippen molar-refractivity contribution in [2.24, 2.45) is 22.7 Å². The Morgan fingerprint density at radius 1 is 1.21 bits per heavy atom. The van der Waals surface area contributed by atoms with Crippen molar-refractivity contribution < 1.29 is 19.1 Å². The van der Waals surface area contributed by atoms with Crippen molar-refractivity contribution in [3.63, 3.8) is 0 Å². The maximum atomic E-state index is 13.1. The van der Waals surface area contributed by atoms with Crippen LogP contribution in [0.15, 0.2) is 12.2 Å². The maximum Gasteiger partial charge on any atom is 0.351 e. The lowest BCUT2D eigenvalue weighted by molar-refractivity contribution is -0.189. The number of carbonyl (C=O) groups excluding carboxylic acids is 2. The van der Waals surface area contributed by atoms with Crippen molar-refractivity contribution in [2.45, 2.75) is 77.4 Å². The first-order chi connectivity index (χ1) is 11.2. The van der Waals surface area contributed by atoms with Crippen molar-refractivity contribution in [2.75, 3.05) is 0 Å². The van der Waals surface area contributed by atoms with E-state index < -0.39 is 16.4 Å². The third kappa shape index (κ3) is 1.75. The molecule has 0 N–H and O–H groups in total. The molecule has 0 radical (unpaired) electrons. The molecule has 3 aliphatic carbocycles. The normalized spacial score (nSPS) is 45.9. The summed E-state index contributed by atoms with van der Waals surface area (Å²) < 4.78 is 11.7. The van der Waals surface area contributed by atoms with Gasteiger partial charge < -0.3 is 9.47 Å². The predicted octanol–water partition coefficient (Wildman–Crippen LogP) is 3.79. The summed E-state index contributed by atoms with van der Waals surface area (Å²) in [5.41, 5.74) is -0.990. The average molecular weight is 332 g/mol. The first-order valence-corrected chi connectivity index (χ1v) is 9.35. The Morgan fingerprint density at radius 3 is 2.54 bits per heavy atom. The van der Waals surface area contributed by atoms with Crippen LogP contribution in [0.3, 0.4) is 0 Å². The Hall–Kier alpha value is -1.32. The molecule has 24 heavy (non-hydrogen) atoms. The minimum atomic E-state index is -1.10. The Balaban J connectivity index is 1.57. The molecule has 0 aromatic rings. The van der Waals surface area contributed by atoms with Crippen LogP contribution in [0, 0.1) is 22.7 Å². The summed E-state index contributed by atoms with van der Waals surface area (Å²) in [6.45, 7) is 10.1. The summed E-state index contributed by atoms with van der Waals surface area (Å²) in [6, 6.07) is 0. The molecule has 0 aromatic carbocycles. The SMILES string of the molecule is C=C1C[C@@H](OC(=O)[C@]23CC[C@](C)(C(=O)O2)C3(C)C)[C@@H]2CCCC[C@H]12. The fourth-order valence-electron chi connectivity index (χ4n) is 5.74. The zero-order valence-electron chi connectivity index (χ0n) is 15.0. The fraction of sp³-hybridized carbons (Fsp3) is 0.800. The van der Waals surface area contributed by atoms with Gasteiger partial charge in [0.1, 0.15) is 6.10 Å². The van der Waals surface area contributed by atoms with Gasteiger partial charge >= 0.3 is 11.9 Å². The third-order valence-corrected chi connectivity index (χ3v) is 7.96. The largest absolute Gasteiger partial charge is 0.459 e. The van der Waals surface area contributed by atoms with Crippen LogP contribution in [0.5, 0.6) is 0 Å². The van der Waals surface area contributed by atoms with Gasteiger partial charge in [0.2, 0.25) is 5.60 Å². The van der Waals surface area contributed by atoms with Crippen LogP contribution in [0.4, 0.5) is 0 Å². The molecule has 4 rings (SSSR count). The van der Waals surface area contributed by atoms with E-state index in [9.17, 15) is 9.59 Å². The highest BCUT2D eigenvalue weighted by Crippen LogP contribution is 2.66. The standard InChI is InChI=1S/C20H28O4/c1-12-11-15(14-8-6-5-7-13(12)14)23-17(22)20-10-9-19(4,16(21)24-20)18(20,2)3/h13-15H,1,5-11H2,2-4H3/t13-,14-,15-,19-,20+/m1/s1. The van der Waals surface area contributed by atoms with Crippen LogP contribution >= 0.6 is 0 Å². The van der Waals surface area contributed by atoms with Crippen LogP contribution in [0.25, 0.3) is 0 Å². The van der Waals surface area contributed by atoms with E-state index in [4.69, 9.17) is 9.47 Å². The molecule has 2 bridgehead atoms. The zero-order chi connectivity index (χ0) is 17.3. The van der Waals surface area contributed by atoms with E-state index in [2.05, 4.69) is 6.58 Å². The summed E-state index contributed by atoms with van der Waals surface area (Å²) >= 11 is 0. The molecule has 132 valence electrons. The highest BCUT2D eigenvalue weighted by atomic mass is 16.6. The smallest absolute Gasteiger partial charge is 0.351 e. The number of rotatable bonds is 2. The molecule has 4 nitrogen and oxygen atoms in total. The second kappa shape index (κ2) is 4.86. The van der Waals surface area contributed by atoms with Gasteiger partial charge in [-0.25, -0.2) is 4.79 Å². The van der Waals surface area contributed by atoms with Gasteiger partial charge in [-0.1, -0.05) is 38.8 Å². The number of hydrogen-bond donors (Lipinski definition) is 0. The quantitative estimate of drug-likeness (QED) is 0.570.